The molecular formula is C15H17ClN2S. The fraction of sp³-hybridized carbons (Fsp3) is 0.400. The number of aryl methyl sites for hydroxylation is 1. The number of halogens is 1. The summed E-state index contributed by atoms with van der Waals surface area (Å²) in [5.74, 6) is 0.910. The molecule has 4 heteroatoms. The van der Waals surface area contributed by atoms with Crippen molar-refractivity contribution in [1.29, 1.82) is 0 Å². The first-order valence-corrected chi connectivity index (χ1v) is 7.88. The summed E-state index contributed by atoms with van der Waals surface area (Å²) in [7, 11) is 0. The van der Waals surface area contributed by atoms with Gasteiger partial charge < -0.3 is 5.32 Å². The minimum absolute atomic E-state index is 0.424. The monoisotopic (exact) mass is 292 g/mol. The Morgan fingerprint density at radius 2 is 2.16 bits per heavy atom. The van der Waals surface area contributed by atoms with Gasteiger partial charge in [-0.3, -0.25) is 0 Å². The number of hydrogen-bond donors (Lipinski definition) is 1. The third-order valence-electron chi connectivity index (χ3n) is 3.74. The van der Waals surface area contributed by atoms with Gasteiger partial charge in [-0.1, -0.05) is 29.8 Å². The number of benzene rings is 1. The highest BCUT2D eigenvalue weighted by Gasteiger charge is 2.30. The van der Waals surface area contributed by atoms with Crippen molar-refractivity contribution in [3.8, 4) is 0 Å². The Morgan fingerprint density at radius 1 is 1.32 bits per heavy atom. The van der Waals surface area contributed by atoms with E-state index in [0.29, 0.717) is 11.8 Å². The van der Waals surface area contributed by atoms with Crippen molar-refractivity contribution in [3.63, 3.8) is 0 Å². The van der Waals surface area contributed by atoms with Crippen LogP contribution in [0.1, 0.15) is 34.5 Å². The van der Waals surface area contributed by atoms with Gasteiger partial charge >= 0.3 is 0 Å². The number of piperidine rings is 1. The summed E-state index contributed by atoms with van der Waals surface area (Å²) >= 11 is 8.15. The van der Waals surface area contributed by atoms with E-state index >= 15 is 0 Å². The van der Waals surface area contributed by atoms with Crippen LogP contribution in [0, 0.1) is 6.92 Å². The molecule has 1 fully saturated rings. The van der Waals surface area contributed by atoms with Crippen LogP contribution in [0.2, 0.25) is 5.02 Å². The molecule has 0 saturated carbocycles. The summed E-state index contributed by atoms with van der Waals surface area (Å²) in [4.78, 5) is 4.69. The average Bonchev–Trinajstić information content (AvgIpc) is 2.86. The van der Waals surface area contributed by atoms with Crippen molar-refractivity contribution in [2.75, 3.05) is 13.1 Å². The molecular weight excluding hydrogens is 276 g/mol. The standard InChI is InChI=1S/C15H17ClN2S/c1-10-9-19-15(18-10)12-6-7-17-8-13(12)11-4-2-3-5-14(11)16/h2-5,9,12-13,17H,6-8H2,1H3. The second-order valence-corrected chi connectivity index (χ2v) is 6.35. The number of nitrogens with one attached hydrogen (secondary N) is 1. The van der Waals surface area contributed by atoms with Crippen molar-refractivity contribution in [3.05, 3.63) is 50.9 Å². The largest absolute Gasteiger partial charge is 0.316 e. The Kier molecular flexibility index (Phi) is 3.87. The van der Waals surface area contributed by atoms with Crippen LogP contribution in [0.3, 0.4) is 0 Å². The van der Waals surface area contributed by atoms with E-state index in [1.54, 1.807) is 11.3 Å². The van der Waals surface area contributed by atoms with Gasteiger partial charge in [0.25, 0.3) is 0 Å². The number of rotatable bonds is 2. The maximum Gasteiger partial charge on any atom is 0.0966 e. The molecule has 1 saturated heterocycles. The molecule has 1 N–H and O–H groups in total. The van der Waals surface area contributed by atoms with Gasteiger partial charge in [0.2, 0.25) is 0 Å². The molecule has 19 heavy (non-hydrogen) atoms. The van der Waals surface area contributed by atoms with Gasteiger partial charge in [0.05, 0.1) is 5.01 Å². The predicted molar refractivity (Wildman–Crippen MR) is 81.3 cm³/mol. The Balaban J connectivity index is 1.96. The predicted octanol–water partition coefficient (Wildman–Crippen LogP) is 3.97. The molecule has 0 spiro atoms. The van der Waals surface area contributed by atoms with E-state index in [1.165, 1.54) is 10.6 Å². The van der Waals surface area contributed by atoms with Crippen LogP contribution in [0.5, 0.6) is 0 Å². The quantitative estimate of drug-likeness (QED) is 0.906. The lowest BCUT2D eigenvalue weighted by atomic mass is 9.82. The summed E-state index contributed by atoms with van der Waals surface area (Å²) < 4.78 is 0. The third-order valence-corrected chi connectivity index (χ3v) is 5.18. The molecule has 1 aliphatic heterocycles. The SMILES string of the molecule is Cc1csc(C2CCNCC2c2ccccc2Cl)n1. The fourth-order valence-corrected chi connectivity index (χ4v) is 4.07. The molecule has 2 atom stereocenters. The molecule has 0 amide bonds. The van der Waals surface area contributed by atoms with E-state index in [1.807, 2.05) is 12.1 Å². The summed E-state index contributed by atoms with van der Waals surface area (Å²) in [6, 6.07) is 8.19. The lowest BCUT2D eigenvalue weighted by Crippen LogP contribution is -2.34. The lowest BCUT2D eigenvalue weighted by Gasteiger charge is -2.31. The molecule has 2 nitrogen and oxygen atoms in total. The van der Waals surface area contributed by atoms with Gasteiger partial charge in [-0.05, 0) is 31.5 Å². The van der Waals surface area contributed by atoms with Crippen LogP contribution in [-0.4, -0.2) is 18.1 Å². The highest BCUT2D eigenvalue weighted by molar-refractivity contribution is 7.09. The first kappa shape index (κ1) is 13.1. The van der Waals surface area contributed by atoms with Gasteiger partial charge in [-0.2, -0.15) is 0 Å². The first-order valence-electron chi connectivity index (χ1n) is 6.63. The molecule has 100 valence electrons. The number of hydrogen-bond acceptors (Lipinski definition) is 3. The summed E-state index contributed by atoms with van der Waals surface area (Å²) in [5, 5.41) is 7.75. The van der Waals surface area contributed by atoms with Crippen LogP contribution < -0.4 is 5.32 Å². The maximum absolute atomic E-state index is 6.37. The second kappa shape index (κ2) is 5.61. The highest BCUT2D eigenvalue weighted by Crippen LogP contribution is 2.40. The molecule has 3 rings (SSSR count). The molecule has 0 aliphatic carbocycles. The number of aromatic nitrogens is 1. The second-order valence-electron chi connectivity index (χ2n) is 5.05. The van der Waals surface area contributed by atoms with Crippen LogP contribution in [0.15, 0.2) is 29.6 Å². The zero-order chi connectivity index (χ0) is 13.2. The van der Waals surface area contributed by atoms with Gasteiger partial charge in [-0.15, -0.1) is 11.3 Å². The van der Waals surface area contributed by atoms with Gasteiger partial charge in [0.15, 0.2) is 0 Å². The molecule has 1 aromatic heterocycles. The van der Waals surface area contributed by atoms with E-state index in [0.717, 1.165) is 30.2 Å². The Labute approximate surface area is 122 Å². The lowest BCUT2D eigenvalue weighted by molar-refractivity contribution is 0.403. The molecule has 1 aromatic carbocycles. The van der Waals surface area contributed by atoms with E-state index in [4.69, 9.17) is 11.6 Å². The Morgan fingerprint density at radius 3 is 2.89 bits per heavy atom. The van der Waals surface area contributed by atoms with Crippen LogP contribution >= 0.6 is 22.9 Å². The molecule has 2 aromatic rings. The van der Waals surface area contributed by atoms with Crippen molar-refractivity contribution < 1.29 is 0 Å². The molecule has 1 aliphatic rings. The summed E-state index contributed by atoms with van der Waals surface area (Å²) in [5.41, 5.74) is 2.37. The van der Waals surface area contributed by atoms with E-state index < -0.39 is 0 Å². The van der Waals surface area contributed by atoms with E-state index in [-0.39, 0.29) is 0 Å². The number of nitrogens with zero attached hydrogens (tertiary/aromatic N) is 1. The summed E-state index contributed by atoms with van der Waals surface area (Å²) in [6.45, 7) is 4.10. The number of thiazole rings is 1. The molecule has 0 bridgehead atoms. The van der Waals surface area contributed by atoms with Gasteiger partial charge in [0, 0.05) is 34.5 Å². The Bertz CT molecular complexity index is 567. The van der Waals surface area contributed by atoms with Gasteiger partial charge in [-0.25, -0.2) is 4.98 Å². The smallest absolute Gasteiger partial charge is 0.0966 e. The first-order chi connectivity index (χ1) is 9.25. The van der Waals surface area contributed by atoms with Crippen LogP contribution in [-0.2, 0) is 0 Å². The minimum Gasteiger partial charge on any atom is -0.316 e. The van der Waals surface area contributed by atoms with E-state index in [2.05, 4.69) is 34.7 Å². The molecule has 2 unspecified atom stereocenters. The maximum atomic E-state index is 6.37. The fourth-order valence-electron chi connectivity index (χ4n) is 2.80. The van der Waals surface area contributed by atoms with Gasteiger partial charge in [0.1, 0.15) is 0 Å². The summed E-state index contributed by atoms with van der Waals surface area (Å²) in [6.07, 6.45) is 1.13. The zero-order valence-corrected chi connectivity index (χ0v) is 12.5. The van der Waals surface area contributed by atoms with E-state index in [9.17, 15) is 0 Å². The van der Waals surface area contributed by atoms with Crippen molar-refractivity contribution >= 4 is 22.9 Å². The average molecular weight is 293 g/mol. The molecule has 0 radical (unpaired) electrons. The molecule has 2 heterocycles. The van der Waals surface area contributed by atoms with Crippen LogP contribution in [0.4, 0.5) is 0 Å². The van der Waals surface area contributed by atoms with Crippen molar-refractivity contribution in [2.24, 2.45) is 0 Å². The van der Waals surface area contributed by atoms with Crippen molar-refractivity contribution in [2.45, 2.75) is 25.2 Å². The van der Waals surface area contributed by atoms with Crippen molar-refractivity contribution in [1.82, 2.24) is 10.3 Å². The highest BCUT2D eigenvalue weighted by atomic mass is 35.5. The topological polar surface area (TPSA) is 24.9 Å². The van der Waals surface area contributed by atoms with Crippen LogP contribution in [0.25, 0.3) is 0 Å². The Hall–Kier alpha value is -0.900. The third kappa shape index (κ3) is 2.69. The zero-order valence-electron chi connectivity index (χ0n) is 10.9. The minimum atomic E-state index is 0.424. The normalized spacial score (nSPS) is 23.5.